The van der Waals surface area contributed by atoms with Crippen molar-refractivity contribution in [1.29, 1.82) is 0 Å². The second-order valence-electron chi connectivity index (χ2n) is 18.0. The summed E-state index contributed by atoms with van der Waals surface area (Å²) >= 11 is 0. The highest BCUT2D eigenvalue weighted by atomic mass is 16.7. The molecule has 0 spiro atoms. The maximum atomic E-state index is 14.2. The van der Waals surface area contributed by atoms with Crippen LogP contribution in [0.2, 0.25) is 0 Å². The highest BCUT2D eigenvalue weighted by Crippen LogP contribution is 2.29. The molecular weight excluding hydrogens is 849 g/mol. The predicted molar refractivity (Wildman–Crippen MR) is 274 cm³/mol. The van der Waals surface area contributed by atoms with Crippen LogP contribution in [0.3, 0.4) is 0 Å². The summed E-state index contributed by atoms with van der Waals surface area (Å²) in [6.45, 7) is 2.68. The van der Waals surface area contributed by atoms with Crippen molar-refractivity contribution in [3.63, 3.8) is 0 Å². The molecule has 3 amide bonds. The van der Waals surface area contributed by atoms with E-state index in [1.807, 2.05) is 179 Å². The maximum Gasteiger partial charge on any atom is 0.256 e. The number of carbonyl (C=O) groups is 3. The van der Waals surface area contributed by atoms with Crippen molar-refractivity contribution in [1.82, 2.24) is 19.8 Å². The minimum absolute atomic E-state index is 0.0401. The average molecular weight is 911 g/mol. The first-order valence-corrected chi connectivity index (χ1v) is 23.3. The molecule has 12 heteroatoms. The smallest absolute Gasteiger partial charge is 0.256 e. The van der Waals surface area contributed by atoms with Crippen molar-refractivity contribution >= 4 is 52.6 Å². The van der Waals surface area contributed by atoms with E-state index in [-0.39, 0.29) is 29.8 Å². The summed E-state index contributed by atoms with van der Waals surface area (Å²) in [6.07, 6.45) is 5.19. The molecule has 6 aromatic carbocycles. The SMILES string of the molecule is CN(C)[C@H]1C[C@@H](C(=O)Nc2ccc(/C=C/c3ccc(NC(=O)[C@@H]4C[C@H](N(C)C)CN4C(=O)c4ccccc4NCc4ccccc4)cc3)cc2)N(OCc2ccccc2NCc2ccccc2)C1. The molecular formula is C56H62N8O4. The van der Waals surface area contributed by atoms with Gasteiger partial charge < -0.3 is 36.0 Å². The van der Waals surface area contributed by atoms with Crippen LogP contribution in [-0.2, 0) is 34.1 Å². The molecule has 0 aromatic heterocycles. The molecule has 2 fully saturated rings. The number of amides is 3. The Labute approximate surface area is 400 Å². The van der Waals surface area contributed by atoms with Gasteiger partial charge in [-0.1, -0.05) is 127 Å². The van der Waals surface area contributed by atoms with Gasteiger partial charge in [-0.2, -0.15) is 5.06 Å². The van der Waals surface area contributed by atoms with E-state index in [4.69, 9.17) is 4.84 Å². The molecule has 350 valence electrons. The summed E-state index contributed by atoms with van der Waals surface area (Å²) in [4.78, 5) is 54.2. The summed E-state index contributed by atoms with van der Waals surface area (Å²) in [5, 5.41) is 15.0. The molecule has 68 heavy (non-hydrogen) atoms. The van der Waals surface area contributed by atoms with Crippen molar-refractivity contribution in [3.05, 3.63) is 191 Å². The zero-order valence-electron chi connectivity index (χ0n) is 39.3. The van der Waals surface area contributed by atoms with Crippen LogP contribution in [0.5, 0.6) is 0 Å². The van der Waals surface area contributed by atoms with E-state index < -0.39 is 12.1 Å². The van der Waals surface area contributed by atoms with Gasteiger partial charge >= 0.3 is 0 Å². The highest BCUT2D eigenvalue weighted by Gasteiger charge is 2.42. The number of hydrogen-bond acceptors (Lipinski definition) is 9. The van der Waals surface area contributed by atoms with Crippen LogP contribution >= 0.6 is 0 Å². The van der Waals surface area contributed by atoms with E-state index in [0.29, 0.717) is 62.6 Å². The zero-order chi connectivity index (χ0) is 47.4. The first kappa shape index (κ1) is 47.4. The third-order valence-corrected chi connectivity index (χ3v) is 12.9. The molecule has 0 bridgehead atoms. The molecule has 0 saturated carbocycles. The molecule has 2 heterocycles. The van der Waals surface area contributed by atoms with Crippen LogP contribution < -0.4 is 21.3 Å². The largest absolute Gasteiger partial charge is 0.381 e. The number of nitrogens with zero attached hydrogens (tertiary/aromatic N) is 4. The van der Waals surface area contributed by atoms with Gasteiger partial charge in [0.1, 0.15) is 12.1 Å². The number of anilines is 4. The Hall–Kier alpha value is -7.09. The monoisotopic (exact) mass is 910 g/mol. The predicted octanol–water partition coefficient (Wildman–Crippen LogP) is 8.94. The normalized spacial score (nSPS) is 18.3. The van der Waals surface area contributed by atoms with Gasteiger partial charge in [0.2, 0.25) is 11.8 Å². The van der Waals surface area contributed by atoms with Gasteiger partial charge in [-0.25, -0.2) is 0 Å². The van der Waals surface area contributed by atoms with Gasteiger partial charge in [-0.05, 0) is 106 Å². The number of benzene rings is 6. The number of likely N-dealkylation sites (N-methyl/N-ethyl adjacent to an activating group) is 2. The summed E-state index contributed by atoms with van der Waals surface area (Å²) in [5.74, 6) is -0.499. The second-order valence-corrected chi connectivity index (χ2v) is 18.0. The minimum Gasteiger partial charge on any atom is -0.381 e. The number of hydroxylamine groups is 2. The number of hydrogen-bond donors (Lipinski definition) is 4. The summed E-state index contributed by atoms with van der Waals surface area (Å²) < 4.78 is 0. The third kappa shape index (κ3) is 12.3. The molecule has 4 N–H and O–H groups in total. The summed E-state index contributed by atoms with van der Waals surface area (Å²) in [5.41, 5.74) is 8.89. The standard InChI is InChI=1S/C56H62N8O4/c1-61(2)47-33-52(63(37-47)56(67)49-20-12-14-22-51(49)58-36-43-17-9-6-10-18-43)54(65)59-45-29-25-40(26-30-45)23-24-41-27-31-46(32-28-41)60-55(66)53-34-48(62(3)4)38-64(53)68-39-44-19-11-13-21-50(44)57-35-42-15-7-5-8-16-42/h5-32,47-48,52-53,57-58H,33-39H2,1-4H3,(H,59,65)(H,60,66)/b24-23+/t47-,48-,52-,53-/m0/s1. The number of carbonyl (C=O) groups excluding carboxylic acids is 3. The van der Waals surface area contributed by atoms with Crippen LogP contribution in [-0.4, -0.2) is 103 Å². The van der Waals surface area contributed by atoms with E-state index in [0.717, 1.165) is 33.6 Å². The van der Waals surface area contributed by atoms with Gasteiger partial charge in [0.25, 0.3) is 5.91 Å². The van der Waals surface area contributed by atoms with Crippen LogP contribution in [0.4, 0.5) is 22.7 Å². The van der Waals surface area contributed by atoms with Gasteiger partial charge in [-0.3, -0.25) is 19.2 Å². The van der Waals surface area contributed by atoms with Gasteiger partial charge in [0.05, 0.1) is 12.2 Å². The summed E-state index contributed by atoms with van der Waals surface area (Å²) in [6, 6.07) is 50.5. The number of nitrogens with one attached hydrogen (secondary N) is 4. The van der Waals surface area contributed by atoms with Crippen LogP contribution in [0, 0.1) is 0 Å². The van der Waals surface area contributed by atoms with Gasteiger partial charge in [0, 0.05) is 66.6 Å². The first-order valence-electron chi connectivity index (χ1n) is 23.3. The van der Waals surface area contributed by atoms with Crippen molar-refractivity contribution < 1.29 is 19.2 Å². The number of para-hydroxylation sites is 2. The van der Waals surface area contributed by atoms with Gasteiger partial charge in [-0.15, -0.1) is 0 Å². The number of likely N-dealkylation sites (tertiary alicyclic amines) is 1. The fourth-order valence-electron chi connectivity index (χ4n) is 8.73. The fourth-order valence-corrected chi connectivity index (χ4v) is 8.73. The Kier molecular flexibility index (Phi) is 15.8. The lowest BCUT2D eigenvalue weighted by atomic mass is 10.1. The molecule has 0 aliphatic carbocycles. The molecule has 0 unspecified atom stereocenters. The Bertz CT molecular complexity index is 2640. The van der Waals surface area contributed by atoms with Crippen LogP contribution in [0.25, 0.3) is 12.2 Å². The molecule has 2 saturated heterocycles. The number of rotatable bonds is 18. The van der Waals surface area contributed by atoms with Crippen molar-refractivity contribution in [3.8, 4) is 0 Å². The minimum atomic E-state index is -0.633. The highest BCUT2D eigenvalue weighted by molar-refractivity contribution is 6.04. The van der Waals surface area contributed by atoms with E-state index in [2.05, 4.69) is 55.3 Å². The molecule has 6 aromatic rings. The molecule has 0 radical (unpaired) electrons. The Balaban J connectivity index is 0.848. The zero-order valence-corrected chi connectivity index (χ0v) is 39.3. The van der Waals surface area contributed by atoms with E-state index >= 15 is 0 Å². The second kappa shape index (κ2) is 22.6. The summed E-state index contributed by atoms with van der Waals surface area (Å²) in [7, 11) is 8.04. The molecule has 4 atom stereocenters. The first-order chi connectivity index (χ1) is 33.1. The lowest BCUT2D eigenvalue weighted by Crippen LogP contribution is -2.43. The lowest BCUT2D eigenvalue weighted by Gasteiger charge is -2.25. The van der Waals surface area contributed by atoms with E-state index in [1.165, 1.54) is 5.56 Å². The Morgan fingerprint density at radius 1 is 0.559 bits per heavy atom. The third-order valence-electron chi connectivity index (χ3n) is 12.9. The lowest BCUT2D eigenvalue weighted by molar-refractivity contribution is -0.183. The van der Waals surface area contributed by atoms with Crippen molar-refractivity contribution in [2.24, 2.45) is 0 Å². The topological polar surface area (TPSA) is 122 Å². The average Bonchev–Trinajstić information content (AvgIpc) is 4.02. The van der Waals surface area contributed by atoms with Crippen LogP contribution in [0.15, 0.2) is 158 Å². The van der Waals surface area contributed by atoms with E-state index in [9.17, 15) is 14.4 Å². The van der Waals surface area contributed by atoms with Crippen molar-refractivity contribution in [2.75, 3.05) is 62.5 Å². The quantitative estimate of drug-likeness (QED) is 0.0627. The molecule has 8 rings (SSSR count). The van der Waals surface area contributed by atoms with Crippen LogP contribution in [0.1, 0.15) is 51.0 Å². The molecule has 2 aliphatic rings. The van der Waals surface area contributed by atoms with Gasteiger partial charge in [0.15, 0.2) is 0 Å². The van der Waals surface area contributed by atoms with Crippen molar-refractivity contribution in [2.45, 2.75) is 56.7 Å². The van der Waals surface area contributed by atoms with E-state index in [1.54, 1.807) is 4.90 Å². The molecule has 12 nitrogen and oxygen atoms in total. The Morgan fingerprint density at radius 2 is 1.03 bits per heavy atom. The molecule has 2 aliphatic heterocycles. The Morgan fingerprint density at radius 3 is 1.60 bits per heavy atom. The maximum absolute atomic E-state index is 14.2. The fraction of sp³-hybridized carbons (Fsp3) is 0.268.